The van der Waals surface area contributed by atoms with Crippen LogP contribution < -0.4 is 5.73 Å². The van der Waals surface area contributed by atoms with Crippen molar-refractivity contribution in [3.05, 3.63) is 39.9 Å². The summed E-state index contributed by atoms with van der Waals surface area (Å²) in [5.41, 5.74) is 7.92. The zero-order valence-corrected chi connectivity index (χ0v) is 14.5. The predicted octanol–water partition coefficient (Wildman–Crippen LogP) is 2.80. The van der Waals surface area contributed by atoms with Crippen LogP contribution in [0.4, 0.5) is 0 Å². The number of hydrogen-bond donors (Lipinski definition) is 1. The number of halogens is 1. The Bertz CT molecular complexity index is 612. The highest BCUT2D eigenvalue weighted by atomic mass is 79.9. The molecular formula is C14H21BrN2O2S. The van der Waals surface area contributed by atoms with Crippen LogP contribution in [0.25, 0.3) is 0 Å². The summed E-state index contributed by atoms with van der Waals surface area (Å²) in [7, 11) is -3.55. The summed E-state index contributed by atoms with van der Waals surface area (Å²) in [6.07, 6.45) is 0. The third-order valence-electron chi connectivity index (χ3n) is 3.01. The maximum atomic E-state index is 12.8. The number of benzene rings is 1. The molecule has 20 heavy (non-hydrogen) atoms. The molecule has 0 radical (unpaired) electrons. The second-order valence-electron chi connectivity index (χ2n) is 4.79. The number of sulfonamides is 1. The van der Waals surface area contributed by atoms with Gasteiger partial charge >= 0.3 is 0 Å². The van der Waals surface area contributed by atoms with Crippen molar-refractivity contribution >= 4 is 26.0 Å². The molecule has 0 aliphatic rings. The van der Waals surface area contributed by atoms with E-state index in [0.717, 1.165) is 15.6 Å². The van der Waals surface area contributed by atoms with Crippen molar-refractivity contribution in [2.45, 2.75) is 32.2 Å². The molecule has 1 aromatic carbocycles. The molecule has 0 fully saturated rings. The SMILES string of the molecule is C=C(C)CN(CC)S(=O)(=O)c1cc(CN)cc(Br)c1C. The lowest BCUT2D eigenvalue weighted by Gasteiger charge is -2.22. The Labute approximate surface area is 129 Å². The van der Waals surface area contributed by atoms with Crippen molar-refractivity contribution in [1.29, 1.82) is 0 Å². The lowest BCUT2D eigenvalue weighted by molar-refractivity contribution is 0.452. The van der Waals surface area contributed by atoms with Crippen LogP contribution in [0.15, 0.2) is 33.7 Å². The van der Waals surface area contributed by atoms with Gasteiger partial charge in [0.25, 0.3) is 0 Å². The van der Waals surface area contributed by atoms with Gasteiger partial charge in [0.05, 0.1) is 4.90 Å². The molecule has 0 heterocycles. The van der Waals surface area contributed by atoms with Crippen molar-refractivity contribution in [2.24, 2.45) is 5.73 Å². The van der Waals surface area contributed by atoms with Crippen molar-refractivity contribution in [2.75, 3.05) is 13.1 Å². The Morgan fingerprint density at radius 2 is 2.05 bits per heavy atom. The van der Waals surface area contributed by atoms with E-state index < -0.39 is 10.0 Å². The number of nitrogens with zero attached hydrogens (tertiary/aromatic N) is 1. The highest BCUT2D eigenvalue weighted by Gasteiger charge is 2.26. The van der Waals surface area contributed by atoms with E-state index >= 15 is 0 Å². The maximum Gasteiger partial charge on any atom is 0.243 e. The fourth-order valence-corrected chi connectivity index (χ4v) is 4.34. The lowest BCUT2D eigenvalue weighted by atomic mass is 10.1. The summed E-state index contributed by atoms with van der Waals surface area (Å²) in [6, 6.07) is 3.50. The number of hydrogen-bond acceptors (Lipinski definition) is 3. The van der Waals surface area contributed by atoms with Crippen molar-refractivity contribution in [3.8, 4) is 0 Å². The molecule has 0 spiro atoms. The molecule has 0 atom stereocenters. The maximum absolute atomic E-state index is 12.8. The normalized spacial score (nSPS) is 11.9. The van der Waals surface area contributed by atoms with Crippen LogP contribution in [0.3, 0.4) is 0 Å². The van der Waals surface area contributed by atoms with Gasteiger partial charge in [0, 0.05) is 24.1 Å². The second-order valence-corrected chi connectivity index (χ2v) is 7.55. The molecule has 0 aliphatic heterocycles. The zero-order chi connectivity index (χ0) is 15.5. The molecule has 1 rings (SSSR count). The summed E-state index contributed by atoms with van der Waals surface area (Å²) in [4.78, 5) is 0.301. The summed E-state index contributed by atoms with van der Waals surface area (Å²) < 4.78 is 27.7. The Morgan fingerprint density at radius 3 is 2.50 bits per heavy atom. The van der Waals surface area contributed by atoms with Crippen molar-refractivity contribution in [3.63, 3.8) is 0 Å². The van der Waals surface area contributed by atoms with Crippen LogP contribution >= 0.6 is 15.9 Å². The van der Waals surface area contributed by atoms with Crippen LogP contribution in [0.5, 0.6) is 0 Å². The largest absolute Gasteiger partial charge is 0.326 e. The van der Waals surface area contributed by atoms with Crippen LogP contribution in [-0.4, -0.2) is 25.8 Å². The number of nitrogens with two attached hydrogens (primary N) is 1. The monoisotopic (exact) mass is 360 g/mol. The highest BCUT2D eigenvalue weighted by molar-refractivity contribution is 9.10. The molecule has 6 heteroatoms. The molecule has 0 amide bonds. The summed E-state index contributed by atoms with van der Waals surface area (Å²) >= 11 is 3.40. The van der Waals surface area contributed by atoms with E-state index in [9.17, 15) is 8.42 Å². The smallest absolute Gasteiger partial charge is 0.243 e. The Balaban J connectivity index is 3.40. The van der Waals surface area contributed by atoms with Gasteiger partial charge in [-0.2, -0.15) is 4.31 Å². The highest BCUT2D eigenvalue weighted by Crippen LogP contribution is 2.28. The fraction of sp³-hybridized carbons (Fsp3) is 0.429. The minimum atomic E-state index is -3.55. The van der Waals surface area contributed by atoms with Crippen molar-refractivity contribution in [1.82, 2.24) is 4.31 Å². The molecule has 0 aromatic heterocycles. The molecule has 112 valence electrons. The minimum absolute atomic E-state index is 0.300. The molecule has 2 N–H and O–H groups in total. The van der Waals surface area contributed by atoms with Crippen molar-refractivity contribution < 1.29 is 8.42 Å². The van der Waals surface area contributed by atoms with Gasteiger partial charge in [-0.1, -0.05) is 35.0 Å². The second kappa shape index (κ2) is 6.85. The molecule has 0 saturated heterocycles. The average Bonchev–Trinajstić information content (AvgIpc) is 2.38. The van der Waals surface area contributed by atoms with E-state index in [1.54, 1.807) is 13.0 Å². The third kappa shape index (κ3) is 3.69. The first-order valence-electron chi connectivity index (χ1n) is 6.37. The van der Waals surface area contributed by atoms with Gasteiger partial charge in [-0.3, -0.25) is 0 Å². The van der Waals surface area contributed by atoms with E-state index in [4.69, 9.17) is 5.73 Å². The Morgan fingerprint density at radius 1 is 1.45 bits per heavy atom. The van der Waals surface area contributed by atoms with Gasteiger partial charge in [-0.05, 0) is 37.1 Å². The molecule has 0 aliphatic carbocycles. The van der Waals surface area contributed by atoms with Crippen LogP contribution in [0, 0.1) is 6.92 Å². The summed E-state index contributed by atoms with van der Waals surface area (Å²) in [6.45, 7) is 10.2. The average molecular weight is 361 g/mol. The fourth-order valence-electron chi connectivity index (χ4n) is 1.90. The summed E-state index contributed by atoms with van der Waals surface area (Å²) in [5.74, 6) is 0. The molecule has 1 aromatic rings. The van der Waals surface area contributed by atoms with E-state index in [1.807, 2.05) is 19.9 Å². The van der Waals surface area contributed by atoms with Crippen LogP contribution in [0.1, 0.15) is 25.0 Å². The molecule has 0 bridgehead atoms. The van der Waals surface area contributed by atoms with Gasteiger partial charge in [-0.15, -0.1) is 0 Å². The van der Waals surface area contributed by atoms with Gasteiger partial charge in [-0.25, -0.2) is 8.42 Å². The third-order valence-corrected chi connectivity index (χ3v) is 5.88. The van der Waals surface area contributed by atoms with Gasteiger partial charge < -0.3 is 5.73 Å². The lowest BCUT2D eigenvalue weighted by Crippen LogP contribution is -2.32. The van der Waals surface area contributed by atoms with Gasteiger partial charge in [0.1, 0.15) is 0 Å². The van der Waals surface area contributed by atoms with Gasteiger partial charge in [0.15, 0.2) is 0 Å². The van der Waals surface area contributed by atoms with E-state index in [1.165, 1.54) is 4.31 Å². The molecule has 4 nitrogen and oxygen atoms in total. The predicted molar refractivity (Wildman–Crippen MR) is 86.0 cm³/mol. The quantitative estimate of drug-likeness (QED) is 0.793. The van der Waals surface area contributed by atoms with E-state index in [0.29, 0.717) is 30.1 Å². The first-order chi connectivity index (χ1) is 9.23. The van der Waals surface area contributed by atoms with Crippen LogP contribution in [0.2, 0.25) is 0 Å². The summed E-state index contributed by atoms with van der Waals surface area (Å²) in [5, 5.41) is 0. The Kier molecular flexibility index (Phi) is 5.94. The zero-order valence-electron chi connectivity index (χ0n) is 12.1. The molecular weight excluding hydrogens is 340 g/mol. The van der Waals surface area contributed by atoms with E-state index in [2.05, 4.69) is 22.5 Å². The van der Waals surface area contributed by atoms with Crippen LogP contribution in [-0.2, 0) is 16.6 Å². The standard InChI is InChI=1S/C14H21BrN2O2S/c1-5-17(9-10(2)3)20(18,19)14-7-12(8-16)6-13(15)11(14)4/h6-7H,2,5,8-9,16H2,1,3-4H3. The first-order valence-corrected chi connectivity index (χ1v) is 8.61. The minimum Gasteiger partial charge on any atom is -0.326 e. The topological polar surface area (TPSA) is 63.4 Å². The first kappa shape index (κ1) is 17.4. The number of likely N-dealkylation sites (N-methyl/N-ethyl adjacent to an activating group) is 1. The number of rotatable bonds is 6. The molecule has 0 saturated carbocycles. The van der Waals surface area contributed by atoms with E-state index in [-0.39, 0.29) is 0 Å². The Hall–Kier alpha value is -0.690. The molecule has 0 unspecified atom stereocenters. The van der Waals surface area contributed by atoms with Gasteiger partial charge in [0.2, 0.25) is 10.0 Å².